The van der Waals surface area contributed by atoms with Gasteiger partial charge in [0.25, 0.3) is 0 Å². The zero-order valence-electron chi connectivity index (χ0n) is 15.6. The van der Waals surface area contributed by atoms with E-state index in [9.17, 15) is 18.4 Å². The summed E-state index contributed by atoms with van der Waals surface area (Å²) in [6.45, 7) is 1.01. The number of hydrogen-bond acceptors (Lipinski definition) is 5. The van der Waals surface area contributed by atoms with Gasteiger partial charge in [-0.15, -0.1) is 0 Å². The van der Waals surface area contributed by atoms with Gasteiger partial charge in [0, 0.05) is 29.7 Å². The summed E-state index contributed by atoms with van der Waals surface area (Å²) in [5.74, 6) is 0.306. The molecule has 5 nitrogen and oxygen atoms in total. The number of thioether (sulfide) groups is 1. The fourth-order valence-corrected chi connectivity index (χ4v) is 5.01. The largest absolute Gasteiger partial charge is 0.434 e. The van der Waals surface area contributed by atoms with Gasteiger partial charge in [0.2, 0.25) is 5.91 Å². The molecule has 3 aliphatic rings. The summed E-state index contributed by atoms with van der Waals surface area (Å²) in [6, 6.07) is 5.56. The van der Waals surface area contributed by atoms with E-state index in [1.54, 1.807) is 18.2 Å². The smallest absolute Gasteiger partial charge is 0.387 e. The number of hydrogen-bond donors (Lipinski definition) is 0. The van der Waals surface area contributed by atoms with E-state index in [1.165, 1.54) is 22.7 Å². The van der Waals surface area contributed by atoms with Crippen molar-refractivity contribution in [1.29, 1.82) is 0 Å². The van der Waals surface area contributed by atoms with Gasteiger partial charge in [-0.05, 0) is 17.9 Å². The van der Waals surface area contributed by atoms with Gasteiger partial charge < -0.3 is 4.74 Å². The Morgan fingerprint density at radius 1 is 1.25 bits per heavy atom. The maximum atomic E-state index is 13.1. The van der Waals surface area contributed by atoms with Crippen LogP contribution in [0.1, 0.15) is 44.7 Å². The molecule has 0 aromatic heterocycles. The van der Waals surface area contributed by atoms with Gasteiger partial charge in [0.05, 0.1) is 11.7 Å². The first-order valence-corrected chi connectivity index (χ1v) is 10.1. The average Bonchev–Trinajstić information content (AvgIpc) is 2.59. The van der Waals surface area contributed by atoms with Crippen LogP contribution in [0.4, 0.5) is 8.78 Å². The lowest BCUT2D eigenvalue weighted by molar-refractivity contribution is -0.128. The number of carbonyl (C=O) groups is 2. The molecular weight excluding hydrogens is 386 g/mol. The molecule has 1 aromatic rings. The molecule has 1 amide bonds. The Morgan fingerprint density at radius 2 is 2.00 bits per heavy atom. The van der Waals surface area contributed by atoms with Crippen LogP contribution in [-0.2, 0) is 9.59 Å². The molecule has 8 heteroatoms. The van der Waals surface area contributed by atoms with E-state index in [1.807, 2.05) is 13.8 Å². The topological polar surface area (TPSA) is 59.0 Å². The number of fused-ring (bicyclic) bond motifs is 1. The van der Waals surface area contributed by atoms with Crippen molar-refractivity contribution in [2.75, 3.05) is 5.75 Å². The van der Waals surface area contributed by atoms with E-state index >= 15 is 0 Å². The summed E-state index contributed by atoms with van der Waals surface area (Å²) >= 11 is 1.45. The van der Waals surface area contributed by atoms with Gasteiger partial charge in [-0.3, -0.25) is 14.5 Å². The number of amides is 1. The number of carbonyl (C=O) groups excluding carboxylic acids is 2. The third-order valence-corrected chi connectivity index (χ3v) is 6.06. The molecule has 0 radical (unpaired) electrons. The molecule has 0 unspecified atom stereocenters. The zero-order valence-corrected chi connectivity index (χ0v) is 16.4. The number of rotatable bonds is 3. The van der Waals surface area contributed by atoms with Gasteiger partial charge in [-0.1, -0.05) is 43.8 Å². The lowest BCUT2D eigenvalue weighted by Gasteiger charge is -2.43. The fraction of sp³-hybridized carbons (Fsp3) is 0.450. The van der Waals surface area contributed by atoms with Gasteiger partial charge in [-0.25, -0.2) is 4.99 Å². The fourth-order valence-electron chi connectivity index (χ4n) is 4.03. The average molecular weight is 406 g/mol. The monoisotopic (exact) mass is 406 g/mol. The predicted molar refractivity (Wildman–Crippen MR) is 102 cm³/mol. The van der Waals surface area contributed by atoms with E-state index in [0.29, 0.717) is 47.0 Å². The first-order valence-electron chi connectivity index (χ1n) is 9.10. The van der Waals surface area contributed by atoms with Gasteiger partial charge >= 0.3 is 6.61 Å². The number of aliphatic imine (C=N–C) groups is 1. The Hall–Kier alpha value is -2.22. The molecule has 0 saturated carbocycles. The van der Waals surface area contributed by atoms with E-state index in [-0.39, 0.29) is 22.9 Å². The van der Waals surface area contributed by atoms with Crippen LogP contribution in [0.3, 0.4) is 0 Å². The van der Waals surface area contributed by atoms with Crippen molar-refractivity contribution in [2.24, 2.45) is 10.4 Å². The van der Waals surface area contributed by atoms with Crippen LogP contribution < -0.4 is 4.74 Å². The number of ether oxygens (including phenoxy) is 1. The van der Waals surface area contributed by atoms with Crippen LogP contribution in [0, 0.1) is 5.41 Å². The zero-order chi connectivity index (χ0) is 20.1. The highest BCUT2D eigenvalue weighted by atomic mass is 32.2. The quantitative estimate of drug-likeness (QED) is 0.751. The molecule has 1 saturated heterocycles. The second-order valence-electron chi connectivity index (χ2n) is 7.88. The molecule has 2 aliphatic heterocycles. The third kappa shape index (κ3) is 3.34. The molecule has 1 fully saturated rings. The second kappa shape index (κ2) is 6.99. The molecule has 1 aliphatic carbocycles. The summed E-state index contributed by atoms with van der Waals surface area (Å²) in [6.07, 6.45) is 1.22. The first-order chi connectivity index (χ1) is 13.3. The van der Waals surface area contributed by atoms with Gasteiger partial charge in [0.15, 0.2) is 11.0 Å². The van der Waals surface area contributed by atoms with E-state index in [4.69, 9.17) is 4.74 Å². The molecular formula is C20H20F2N2O3S. The Labute approximate surface area is 165 Å². The van der Waals surface area contributed by atoms with Crippen LogP contribution >= 0.6 is 11.8 Å². The van der Waals surface area contributed by atoms with E-state index in [2.05, 4.69) is 4.99 Å². The predicted octanol–water partition coefficient (Wildman–Crippen LogP) is 4.31. The Bertz CT molecular complexity index is 910. The molecule has 1 aromatic carbocycles. The number of ketones is 1. The van der Waals surface area contributed by atoms with Crippen molar-refractivity contribution in [3.05, 3.63) is 41.1 Å². The molecule has 0 N–H and O–H groups in total. The van der Waals surface area contributed by atoms with Crippen LogP contribution in [0.2, 0.25) is 0 Å². The number of alkyl halides is 2. The number of allylic oxidation sites excluding steroid dienone is 1. The molecule has 4 rings (SSSR count). The van der Waals surface area contributed by atoms with Crippen molar-refractivity contribution in [3.8, 4) is 5.75 Å². The van der Waals surface area contributed by atoms with Crippen LogP contribution in [-0.4, -0.2) is 34.1 Å². The van der Waals surface area contributed by atoms with Crippen molar-refractivity contribution >= 4 is 28.6 Å². The molecule has 1 atom stereocenters. The lowest BCUT2D eigenvalue weighted by Crippen LogP contribution is -2.47. The highest BCUT2D eigenvalue weighted by Crippen LogP contribution is 2.49. The van der Waals surface area contributed by atoms with Crippen molar-refractivity contribution in [1.82, 2.24) is 4.90 Å². The Balaban J connectivity index is 1.91. The minimum absolute atomic E-state index is 0.0309. The van der Waals surface area contributed by atoms with Crippen LogP contribution in [0.25, 0.3) is 0 Å². The summed E-state index contributed by atoms with van der Waals surface area (Å²) in [5, 5.41) is 0.525. The summed E-state index contributed by atoms with van der Waals surface area (Å²) in [5.41, 5.74) is 1.21. The molecule has 148 valence electrons. The SMILES string of the molecule is CC1(C)CC(=O)C2=C(C1)N=C1SCCC(=O)N1[C@@H]2c1ccccc1OC(F)F. The standard InChI is InChI=1S/C20H20F2N2O3S/c1-20(2)9-12-16(13(25)10-20)17(24-15(26)7-8-28-19(24)23-12)11-5-3-4-6-14(11)27-18(21)22/h3-6,17-18H,7-10H2,1-2H3/t17-/m1/s1. The van der Waals surface area contributed by atoms with Crippen molar-refractivity contribution in [3.63, 3.8) is 0 Å². The molecule has 0 bridgehead atoms. The number of halogens is 2. The number of Topliss-reactive ketones (excluding diaryl/α,β-unsaturated/α-hetero) is 1. The molecule has 0 spiro atoms. The summed E-state index contributed by atoms with van der Waals surface area (Å²) in [4.78, 5) is 32.0. The lowest BCUT2D eigenvalue weighted by atomic mass is 9.73. The highest BCUT2D eigenvalue weighted by molar-refractivity contribution is 8.14. The number of benzene rings is 1. The minimum Gasteiger partial charge on any atom is -0.434 e. The van der Waals surface area contributed by atoms with Crippen LogP contribution in [0.15, 0.2) is 40.5 Å². The Kier molecular flexibility index (Phi) is 4.77. The molecule has 28 heavy (non-hydrogen) atoms. The minimum atomic E-state index is -3.00. The third-order valence-electron chi connectivity index (χ3n) is 5.11. The van der Waals surface area contributed by atoms with Gasteiger partial charge in [0.1, 0.15) is 5.75 Å². The van der Waals surface area contributed by atoms with E-state index < -0.39 is 12.7 Å². The number of nitrogens with zero attached hydrogens (tertiary/aromatic N) is 2. The number of para-hydroxylation sites is 1. The highest BCUT2D eigenvalue weighted by Gasteiger charge is 2.46. The first kappa shape index (κ1) is 19.1. The normalized spacial score (nSPS) is 24.1. The molecule has 2 heterocycles. The maximum absolute atomic E-state index is 13.1. The van der Waals surface area contributed by atoms with E-state index in [0.717, 1.165) is 0 Å². The second-order valence-corrected chi connectivity index (χ2v) is 8.94. The Morgan fingerprint density at radius 3 is 2.75 bits per heavy atom. The summed E-state index contributed by atoms with van der Waals surface area (Å²) < 4.78 is 30.7. The van der Waals surface area contributed by atoms with Crippen molar-refractivity contribution < 1.29 is 23.1 Å². The maximum Gasteiger partial charge on any atom is 0.387 e. The summed E-state index contributed by atoms with van der Waals surface area (Å²) in [7, 11) is 0. The van der Waals surface area contributed by atoms with Crippen molar-refractivity contribution in [2.45, 2.75) is 45.8 Å². The van der Waals surface area contributed by atoms with Gasteiger partial charge in [-0.2, -0.15) is 8.78 Å². The number of amidine groups is 1. The van der Waals surface area contributed by atoms with Crippen LogP contribution in [0.5, 0.6) is 5.75 Å².